The molecule has 246 valence electrons. The third-order valence-corrected chi connectivity index (χ3v) is 8.75. The summed E-state index contributed by atoms with van der Waals surface area (Å²) in [5.74, 6) is -1.40. The highest BCUT2D eigenvalue weighted by Gasteiger charge is 2.35. The lowest BCUT2D eigenvalue weighted by atomic mass is 9.92. The number of ether oxygens (including phenoxy) is 1. The summed E-state index contributed by atoms with van der Waals surface area (Å²) >= 11 is 0. The van der Waals surface area contributed by atoms with Gasteiger partial charge in [-0.15, -0.1) is 0 Å². The van der Waals surface area contributed by atoms with E-state index >= 15 is 4.39 Å². The predicted molar refractivity (Wildman–Crippen MR) is 172 cm³/mol. The molecule has 1 amide bonds. The van der Waals surface area contributed by atoms with E-state index in [4.69, 9.17) is 9.73 Å². The number of carbonyl (C=O) groups excluding carboxylic acids is 1. The van der Waals surface area contributed by atoms with Crippen molar-refractivity contribution in [2.45, 2.75) is 76.7 Å². The van der Waals surface area contributed by atoms with E-state index in [1.165, 1.54) is 29.2 Å². The Morgan fingerprint density at radius 2 is 1.80 bits per heavy atom. The van der Waals surface area contributed by atoms with E-state index in [1.54, 1.807) is 32.9 Å². The molecule has 46 heavy (non-hydrogen) atoms. The fourth-order valence-electron chi connectivity index (χ4n) is 5.45. The molecule has 2 aromatic rings. The Morgan fingerprint density at radius 1 is 1.09 bits per heavy atom. The van der Waals surface area contributed by atoms with Gasteiger partial charge in [-0.25, -0.2) is 36.4 Å². The molecule has 0 bridgehead atoms. The van der Waals surface area contributed by atoms with Crippen LogP contribution in [0.25, 0.3) is 0 Å². The highest BCUT2D eigenvalue weighted by atomic mass is 32.2. The number of rotatable bonds is 6. The molecule has 2 N–H and O–H groups in total. The molecule has 0 spiro atoms. The average molecular weight is 659 g/mol. The van der Waals surface area contributed by atoms with E-state index in [0.29, 0.717) is 28.5 Å². The summed E-state index contributed by atoms with van der Waals surface area (Å²) in [5, 5.41) is 3.19. The number of nitrogens with zero attached hydrogens (tertiary/aromatic N) is 4. The number of amides is 1. The van der Waals surface area contributed by atoms with Crippen molar-refractivity contribution in [2.24, 2.45) is 15.0 Å². The average Bonchev–Trinajstić information content (AvgIpc) is 2.94. The zero-order chi connectivity index (χ0) is 33.4. The van der Waals surface area contributed by atoms with Gasteiger partial charge in [-0.05, 0) is 76.1 Å². The summed E-state index contributed by atoms with van der Waals surface area (Å²) in [4.78, 5) is 28.0. The molecule has 3 heterocycles. The first-order valence-electron chi connectivity index (χ1n) is 14.9. The number of guanidine groups is 1. The number of allylic oxidation sites excluding steroid dienone is 1. The Morgan fingerprint density at radius 3 is 2.48 bits per heavy atom. The summed E-state index contributed by atoms with van der Waals surface area (Å²) in [5.41, 5.74) is 1.81. The molecule has 14 heteroatoms. The number of benzene rings is 2. The van der Waals surface area contributed by atoms with Crippen molar-refractivity contribution >= 4 is 39.2 Å². The van der Waals surface area contributed by atoms with Crippen molar-refractivity contribution in [1.82, 2.24) is 10.2 Å². The molecule has 5 rings (SSSR count). The maximum absolute atomic E-state index is 15.1. The maximum Gasteiger partial charge on any atom is 0.410 e. The summed E-state index contributed by atoms with van der Waals surface area (Å²) in [6, 6.07) is 7.89. The third-order valence-electron chi connectivity index (χ3n) is 7.51. The van der Waals surface area contributed by atoms with Crippen molar-refractivity contribution in [3.63, 3.8) is 0 Å². The van der Waals surface area contributed by atoms with Crippen LogP contribution in [0.15, 0.2) is 69.1 Å². The normalized spacial score (nSPS) is 23.3. The van der Waals surface area contributed by atoms with E-state index in [1.807, 2.05) is 13.8 Å². The van der Waals surface area contributed by atoms with Crippen molar-refractivity contribution < 1.29 is 31.1 Å². The van der Waals surface area contributed by atoms with Crippen molar-refractivity contribution in [3.8, 4) is 0 Å². The van der Waals surface area contributed by atoms with Crippen LogP contribution >= 0.6 is 0 Å². The number of hydrogen-bond donors (Lipinski definition) is 2. The Balaban J connectivity index is 1.27. The van der Waals surface area contributed by atoms with Crippen LogP contribution in [0.2, 0.25) is 0 Å². The van der Waals surface area contributed by atoms with Gasteiger partial charge in [-0.2, -0.15) is 0 Å². The van der Waals surface area contributed by atoms with Gasteiger partial charge in [0.1, 0.15) is 29.4 Å². The van der Waals surface area contributed by atoms with Crippen LogP contribution < -0.4 is 10.0 Å². The molecule has 2 aromatic carbocycles. The molecule has 1 fully saturated rings. The number of piperidine rings is 1. The number of aliphatic imine (C=N–C) groups is 3. The van der Waals surface area contributed by atoms with Gasteiger partial charge in [0.05, 0.1) is 35.5 Å². The molecule has 0 radical (unpaired) electrons. The number of nitrogens with one attached hydrogen (secondary N) is 2. The molecule has 4 atom stereocenters. The number of sulfonamides is 1. The number of alkyl halides is 1. The van der Waals surface area contributed by atoms with Crippen LogP contribution in [0.3, 0.4) is 0 Å². The van der Waals surface area contributed by atoms with Crippen LogP contribution in [0.4, 0.5) is 23.7 Å². The van der Waals surface area contributed by atoms with E-state index in [2.05, 4.69) is 20.0 Å². The minimum Gasteiger partial charge on any atom is -0.444 e. The molecule has 3 aliphatic rings. The minimum absolute atomic E-state index is 0.0463. The fourth-order valence-corrected chi connectivity index (χ4v) is 6.65. The molecule has 2 unspecified atom stereocenters. The lowest BCUT2D eigenvalue weighted by Gasteiger charge is -2.37. The second-order valence-electron chi connectivity index (χ2n) is 12.7. The quantitative estimate of drug-likeness (QED) is 0.444. The Hall–Kier alpha value is -4.20. The fraction of sp³-hybridized carbons (Fsp3) is 0.438. The number of carbonyl (C=O) groups is 1. The van der Waals surface area contributed by atoms with Crippen LogP contribution in [-0.4, -0.2) is 79.8 Å². The topological polar surface area (TPSA) is 125 Å². The molecular weight excluding hydrogens is 621 g/mol. The van der Waals surface area contributed by atoms with Crippen LogP contribution in [0.5, 0.6) is 0 Å². The minimum atomic E-state index is -3.96. The Labute approximate surface area is 266 Å². The van der Waals surface area contributed by atoms with Gasteiger partial charge in [0.2, 0.25) is 16.0 Å². The van der Waals surface area contributed by atoms with Crippen molar-refractivity contribution in [1.29, 1.82) is 0 Å². The van der Waals surface area contributed by atoms with E-state index in [-0.39, 0.29) is 31.2 Å². The van der Waals surface area contributed by atoms with E-state index in [9.17, 15) is 22.0 Å². The second-order valence-corrected chi connectivity index (χ2v) is 14.4. The molecule has 0 aromatic heterocycles. The van der Waals surface area contributed by atoms with E-state index in [0.717, 1.165) is 17.7 Å². The van der Waals surface area contributed by atoms with Crippen molar-refractivity contribution in [3.05, 3.63) is 76.9 Å². The first-order valence-corrected chi connectivity index (χ1v) is 16.6. The lowest BCUT2D eigenvalue weighted by Crippen LogP contribution is -2.54. The predicted octanol–water partition coefficient (Wildman–Crippen LogP) is 5.16. The molecule has 1 saturated heterocycles. The molecule has 10 nitrogen and oxygen atoms in total. The number of halogens is 3. The third kappa shape index (κ3) is 8.14. The van der Waals surface area contributed by atoms with Crippen molar-refractivity contribution in [2.75, 3.05) is 17.8 Å². The second kappa shape index (κ2) is 12.9. The van der Waals surface area contributed by atoms with Gasteiger partial charge in [0, 0.05) is 24.6 Å². The zero-order valence-electron chi connectivity index (χ0n) is 26.2. The number of likely N-dealkylation sites (tertiary alicyclic amines) is 1. The molecule has 3 aliphatic heterocycles. The highest BCUT2D eigenvalue weighted by molar-refractivity contribution is 7.91. The van der Waals surface area contributed by atoms with Gasteiger partial charge in [0.15, 0.2) is 0 Å². The van der Waals surface area contributed by atoms with Gasteiger partial charge in [0.25, 0.3) is 0 Å². The first kappa shape index (κ1) is 33.2. The van der Waals surface area contributed by atoms with Crippen LogP contribution in [0.1, 0.15) is 52.2 Å². The standard InChI is InChI=1S/C32H37F3N6O4S/c1-18-12-27(21-8-11-26(25(35)13-21)40-46(43,44)17-20-6-9-22(33)10-7-20)38-29-19(2)36-30(39-28(18)29)37-24-14-23(34)15-41(16-24)31(42)45-32(3,4)5/h6-13,19,23-24,29,40H,14-17H2,1-5H3,(H,36,37)/t19?,23-,24-,29?/m0/s1. The maximum atomic E-state index is 15.1. The van der Waals surface area contributed by atoms with Gasteiger partial charge < -0.3 is 15.0 Å². The summed E-state index contributed by atoms with van der Waals surface area (Å²) in [6.45, 7) is 9.18. The SMILES string of the molecule is CC1=CC(c2ccc(NS(=O)(=O)Cc3ccc(F)cc3)c(F)c2)=NC2C1=NC(N[C@H]1C[C@H](F)CN(C(=O)OC(C)(C)C)C1)=NC2C. The lowest BCUT2D eigenvalue weighted by molar-refractivity contribution is 0.0104. The molecule has 0 saturated carbocycles. The number of anilines is 1. The number of dihydropyridines is 1. The Bertz CT molecular complexity index is 1730. The van der Waals surface area contributed by atoms with Crippen LogP contribution in [-0.2, 0) is 20.5 Å². The van der Waals surface area contributed by atoms with Gasteiger partial charge >= 0.3 is 6.09 Å². The Kier molecular flexibility index (Phi) is 9.30. The monoisotopic (exact) mass is 658 g/mol. The summed E-state index contributed by atoms with van der Waals surface area (Å²) in [7, 11) is -3.96. The smallest absolute Gasteiger partial charge is 0.410 e. The summed E-state index contributed by atoms with van der Waals surface area (Å²) < 4.78 is 75.8. The molecule has 0 aliphatic carbocycles. The highest BCUT2D eigenvalue weighted by Crippen LogP contribution is 2.26. The van der Waals surface area contributed by atoms with Gasteiger partial charge in [-0.1, -0.05) is 18.2 Å². The zero-order valence-corrected chi connectivity index (χ0v) is 27.0. The molecular formula is C32H37F3N6O4S. The largest absolute Gasteiger partial charge is 0.444 e. The van der Waals surface area contributed by atoms with Crippen LogP contribution in [0, 0.1) is 11.6 Å². The number of hydrogen-bond acceptors (Lipinski definition) is 8. The van der Waals surface area contributed by atoms with E-state index < -0.39 is 57.4 Å². The van der Waals surface area contributed by atoms with Gasteiger partial charge in [-0.3, -0.25) is 9.71 Å². The summed E-state index contributed by atoms with van der Waals surface area (Å²) in [6.07, 6.45) is 0.135. The first-order chi connectivity index (χ1) is 21.5. The number of fused-ring (bicyclic) bond motifs is 1.